The second-order valence-corrected chi connectivity index (χ2v) is 8.40. The molecule has 2 aromatic rings. The number of methoxy groups -OCH3 is 1. The Kier molecular flexibility index (Phi) is 6.67. The predicted molar refractivity (Wildman–Crippen MR) is 115 cm³/mol. The van der Waals surface area contributed by atoms with Gasteiger partial charge in [0.2, 0.25) is 11.8 Å². The molecule has 1 aliphatic rings. The van der Waals surface area contributed by atoms with E-state index in [2.05, 4.69) is 15.3 Å². The number of aliphatic hydroxyl groups is 2. The van der Waals surface area contributed by atoms with Gasteiger partial charge in [-0.25, -0.2) is 4.99 Å². The number of amides is 1. The molecule has 1 aromatic heterocycles. The van der Waals surface area contributed by atoms with Crippen molar-refractivity contribution >= 4 is 35.0 Å². The molecule has 0 saturated heterocycles. The third-order valence-corrected chi connectivity index (χ3v) is 5.55. The van der Waals surface area contributed by atoms with Gasteiger partial charge in [-0.05, 0) is 43.2 Å². The highest BCUT2D eigenvalue weighted by Crippen LogP contribution is 2.31. The summed E-state index contributed by atoms with van der Waals surface area (Å²) in [5.74, 6) is 0.0923. The number of carbonyl (C=O) groups is 1. The number of pyridine rings is 1. The fourth-order valence-corrected chi connectivity index (χ4v) is 3.76. The number of halogens is 2. The highest BCUT2D eigenvalue weighted by atomic mass is 35.5. The van der Waals surface area contributed by atoms with Crippen LogP contribution >= 0.6 is 23.2 Å². The number of benzene rings is 1. The standard InChI is InChI=1S/C21H23Cl2N3O4/c1-21(2,29)19(11-4-5-14(22)15(23)7-11)26-17(28)8-13-6-12-9-24-20(30-3)18(12)16(10-27)25-13/h4-7,19,27,29H,8-10H2,1-3H3,(H,26,28)/t19-/m1/s1. The van der Waals surface area contributed by atoms with Gasteiger partial charge in [-0.15, -0.1) is 0 Å². The van der Waals surface area contributed by atoms with E-state index in [0.717, 1.165) is 5.56 Å². The van der Waals surface area contributed by atoms with E-state index in [1.54, 1.807) is 38.1 Å². The van der Waals surface area contributed by atoms with Crippen molar-refractivity contribution in [1.82, 2.24) is 10.3 Å². The third kappa shape index (κ3) is 4.75. The fraction of sp³-hybridized carbons (Fsp3) is 0.381. The van der Waals surface area contributed by atoms with Crippen molar-refractivity contribution in [3.8, 4) is 0 Å². The summed E-state index contributed by atoms with van der Waals surface area (Å²) in [5.41, 5.74) is 1.80. The predicted octanol–water partition coefficient (Wildman–Crippen LogP) is 2.96. The lowest BCUT2D eigenvalue weighted by atomic mass is 9.91. The first-order chi connectivity index (χ1) is 14.1. The fourth-order valence-electron chi connectivity index (χ4n) is 3.45. The molecular formula is C21H23Cl2N3O4. The zero-order chi connectivity index (χ0) is 22.1. The summed E-state index contributed by atoms with van der Waals surface area (Å²) in [7, 11) is 1.51. The Balaban J connectivity index is 1.82. The number of aromatic nitrogens is 1. The SMILES string of the molecule is COC1=NCc2cc(CC(=O)N[C@H](c3ccc(Cl)c(Cl)c3)C(C)(C)O)nc(CO)c21. The number of nitrogens with one attached hydrogen (secondary N) is 1. The van der Waals surface area contributed by atoms with E-state index >= 15 is 0 Å². The Hall–Kier alpha value is -2.19. The van der Waals surface area contributed by atoms with Gasteiger partial charge < -0.3 is 20.3 Å². The summed E-state index contributed by atoms with van der Waals surface area (Å²) in [6, 6.07) is 6.01. The van der Waals surface area contributed by atoms with E-state index in [4.69, 9.17) is 27.9 Å². The quantitative estimate of drug-likeness (QED) is 0.625. The van der Waals surface area contributed by atoms with E-state index in [0.29, 0.717) is 45.0 Å². The maximum Gasteiger partial charge on any atom is 0.226 e. The van der Waals surface area contributed by atoms with E-state index in [1.165, 1.54) is 7.11 Å². The Morgan fingerprint density at radius 2 is 2.03 bits per heavy atom. The van der Waals surface area contributed by atoms with Gasteiger partial charge in [-0.3, -0.25) is 9.78 Å². The molecule has 1 atom stereocenters. The summed E-state index contributed by atoms with van der Waals surface area (Å²) >= 11 is 12.1. The molecule has 0 radical (unpaired) electrons. The average molecular weight is 452 g/mol. The van der Waals surface area contributed by atoms with Gasteiger partial charge in [0.25, 0.3) is 0 Å². The smallest absolute Gasteiger partial charge is 0.226 e. The molecule has 7 nitrogen and oxygen atoms in total. The second kappa shape index (κ2) is 8.89. The summed E-state index contributed by atoms with van der Waals surface area (Å²) in [4.78, 5) is 21.4. The summed E-state index contributed by atoms with van der Waals surface area (Å²) in [6.07, 6.45) is -0.0313. The molecule has 0 unspecified atom stereocenters. The average Bonchev–Trinajstić information content (AvgIpc) is 3.10. The molecule has 1 amide bonds. The Labute approximate surface area is 184 Å². The molecule has 2 heterocycles. The number of aliphatic hydroxyl groups excluding tert-OH is 1. The highest BCUT2D eigenvalue weighted by Gasteiger charge is 2.31. The molecule has 3 N–H and O–H groups in total. The lowest BCUT2D eigenvalue weighted by Gasteiger charge is -2.31. The topological polar surface area (TPSA) is 104 Å². The van der Waals surface area contributed by atoms with Crippen LogP contribution in [0.5, 0.6) is 0 Å². The number of fused-ring (bicyclic) bond motifs is 1. The maximum atomic E-state index is 12.8. The van der Waals surface area contributed by atoms with Crippen LogP contribution in [0.3, 0.4) is 0 Å². The molecule has 30 heavy (non-hydrogen) atoms. The van der Waals surface area contributed by atoms with Crippen LogP contribution in [0.2, 0.25) is 10.0 Å². The van der Waals surface area contributed by atoms with Crippen LogP contribution in [0.4, 0.5) is 0 Å². The zero-order valence-corrected chi connectivity index (χ0v) is 18.4. The first kappa shape index (κ1) is 22.5. The van der Waals surface area contributed by atoms with E-state index in [9.17, 15) is 15.0 Å². The minimum atomic E-state index is -1.25. The van der Waals surface area contributed by atoms with Crippen molar-refractivity contribution in [1.29, 1.82) is 0 Å². The molecule has 0 bridgehead atoms. The molecule has 160 valence electrons. The van der Waals surface area contributed by atoms with Gasteiger partial charge in [0.05, 0.1) is 65.3 Å². The molecule has 1 aromatic carbocycles. The summed E-state index contributed by atoms with van der Waals surface area (Å²) < 4.78 is 5.23. The normalized spacial score (nSPS) is 14.2. The maximum absolute atomic E-state index is 12.8. The van der Waals surface area contributed by atoms with Gasteiger partial charge >= 0.3 is 0 Å². The number of aliphatic imine (C=N–C) groups is 1. The minimum Gasteiger partial charge on any atom is -0.481 e. The van der Waals surface area contributed by atoms with Crippen LogP contribution in [-0.4, -0.2) is 39.7 Å². The summed E-state index contributed by atoms with van der Waals surface area (Å²) in [6.45, 7) is 3.30. The van der Waals surface area contributed by atoms with Crippen LogP contribution in [-0.2, 0) is 29.1 Å². The minimum absolute atomic E-state index is 0.0313. The number of rotatable bonds is 6. The second-order valence-electron chi connectivity index (χ2n) is 7.58. The number of nitrogens with zero attached hydrogens (tertiary/aromatic N) is 2. The Morgan fingerprint density at radius 1 is 1.30 bits per heavy atom. The third-order valence-electron chi connectivity index (χ3n) is 4.81. The van der Waals surface area contributed by atoms with Crippen molar-refractivity contribution in [3.63, 3.8) is 0 Å². The summed E-state index contributed by atoms with van der Waals surface area (Å²) in [5, 5.41) is 23.9. The monoisotopic (exact) mass is 451 g/mol. The molecule has 9 heteroatoms. The molecule has 0 fully saturated rings. The highest BCUT2D eigenvalue weighted by molar-refractivity contribution is 6.42. The van der Waals surface area contributed by atoms with Gasteiger partial charge in [0, 0.05) is 0 Å². The number of hydrogen-bond acceptors (Lipinski definition) is 6. The molecule has 3 rings (SSSR count). The van der Waals surface area contributed by atoms with Gasteiger partial charge in [-0.1, -0.05) is 29.3 Å². The van der Waals surface area contributed by atoms with Gasteiger partial charge in [-0.2, -0.15) is 0 Å². The zero-order valence-electron chi connectivity index (χ0n) is 16.9. The lowest BCUT2D eigenvalue weighted by molar-refractivity contribution is -0.123. The Morgan fingerprint density at radius 3 is 2.63 bits per heavy atom. The van der Waals surface area contributed by atoms with Crippen molar-refractivity contribution in [2.45, 2.75) is 45.1 Å². The molecule has 1 aliphatic heterocycles. The molecular weight excluding hydrogens is 429 g/mol. The number of ether oxygens (including phenoxy) is 1. The van der Waals surface area contributed by atoms with Crippen LogP contribution in [0.15, 0.2) is 29.3 Å². The molecule has 0 spiro atoms. The first-order valence-corrected chi connectivity index (χ1v) is 10.1. The van der Waals surface area contributed by atoms with Gasteiger partial charge in [0.15, 0.2) is 0 Å². The lowest BCUT2D eigenvalue weighted by Crippen LogP contribution is -2.42. The van der Waals surface area contributed by atoms with Crippen LogP contribution in [0.25, 0.3) is 0 Å². The van der Waals surface area contributed by atoms with Crippen LogP contribution in [0.1, 0.15) is 48.0 Å². The Bertz CT molecular complexity index is 1000. The van der Waals surface area contributed by atoms with E-state index in [1.807, 2.05) is 0 Å². The largest absolute Gasteiger partial charge is 0.481 e. The van der Waals surface area contributed by atoms with Crippen molar-refractivity contribution in [3.05, 3.63) is 62.4 Å². The van der Waals surface area contributed by atoms with Crippen molar-refractivity contribution < 1.29 is 19.7 Å². The van der Waals surface area contributed by atoms with Crippen molar-refractivity contribution in [2.24, 2.45) is 4.99 Å². The van der Waals surface area contributed by atoms with Crippen LogP contribution in [0, 0.1) is 0 Å². The van der Waals surface area contributed by atoms with E-state index in [-0.39, 0.29) is 18.9 Å². The number of hydrogen-bond donors (Lipinski definition) is 3. The molecule has 0 saturated carbocycles. The number of carbonyl (C=O) groups excluding carboxylic acids is 1. The first-order valence-electron chi connectivity index (χ1n) is 9.32. The van der Waals surface area contributed by atoms with Gasteiger partial charge in [0.1, 0.15) is 0 Å². The van der Waals surface area contributed by atoms with Crippen molar-refractivity contribution in [2.75, 3.05) is 7.11 Å². The van der Waals surface area contributed by atoms with Crippen LogP contribution < -0.4 is 5.32 Å². The molecule has 0 aliphatic carbocycles. The van der Waals surface area contributed by atoms with E-state index < -0.39 is 11.6 Å².